The summed E-state index contributed by atoms with van der Waals surface area (Å²) in [6.45, 7) is 7.53. The minimum Gasteiger partial charge on any atom is -0.505 e. The minimum absolute atomic E-state index is 0.0935. The summed E-state index contributed by atoms with van der Waals surface area (Å²) in [5.74, 6) is 3.99. The number of fused-ring (bicyclic) bond motifs is 5. The number of allylic oxidation sites excluding steroid dienone is 2. The van der Waals surface area contributed by atoms with Crippen LogP contribution in [0.15, 0.2) is 24.0 Å². The summed E-state index contributed by atoms with van der Waals surface area (Å²) in [5, 5.41) is 10.2. The topological polar surface area (TPSA) is 29.5 Å². The third-order valence-corrected chi connectivity index (χ3v) is 9.30. The summed E-state index contributed by atoms with van der Waals surface area (Å²) >= 11 is 0. The highest BCUT2D eigenvalue weighted by atomic mass is 16.5. The van der Waals surface area contributed by atoms with E-state index in [4.69, 9.17) is 4.74 Å². The zero-order valence-electron chi connectivity index (χ0n) is 17.2. The summed E-state index contributed by atoms with van der Waals surface area (Å²) in [7, 11) is 1.75. The molecule has 4 rings (SSSR count). The van der Waals surface area contributed by atoms with Gasteiger partial charge in [0.1, 0.15) is 0 Å². The number of ether oxygens (including phenoxy) is 1. The van der Waals surface area contributed by atoms with Crippen LogP contribution in [0.1, 0.15) is 72.1 Å². The highest BCUT2D eigenvalue weighted by Gasteiger charge is 2.58. The van der Waals surface area contributed by atoms with E-state index in [1.54, 1.807) is 12.7 Å². The largest absolute Gasteiger partial charge is 0.505 e. The Bertz CT molecular complexity index is 593. The van der Waals surface area contributed by atoms with Gasteiger partial charge < -0.3 is 9.84 Å². The van der Waals surface area contributed by atoms with Crippen molar-refractivity contribution in [2.45, 2.75) is 78.2 Å². The van der Waals surface area contributed by atoms with Gasteiger partial charge in [-0.1, -0.05) is 32.4 Å². The Morgan fingerprint density at radius 2 is 1.96 bits per heavy atom. The van der Waals surface area contributed by atoms with Gasteiger partial charge in [-0.05, 0) is 97.9 Å². The number of hydrogen-bond donors (Lipinski definition) is 1. The molecule has 3 unspecified atom stereocenters. The second-order valence-electron chi connectivity index (χ2n) is 10.3. The average molecular weight is 359 g/mol. The Morgan fingerprint density at radius 3 is 2.73 bits per heavy atom. The molecule has 26 heavy (non-hydrogen) atoms. The highest BCUT2D eigenvalue weighted by Crippen LogP contribution is 2.67. The molecule has 2 nitrogen and oxygen atoms in total. The van der Waals surface area contributed by atoms with Gasteiger partial charge in [0, 0.05) is 0 Å². The number of aliphatic hydroxyl groups excluding tert-OH is 1. The second-order valence-corrected chi connectivity index (χ2v) is 10.3. The summed E-state index contributed by atoms with van der Waals surface area (Å²) in [6.07, 6.45) is 16.6. The van der Waals surface area contributed by atoms with Gasteiger partial charge in [-0.25, -0.2) is 0 Å². The van der Waals surface area contributed by atoms with Crippen molar-refractivity contribution >= 4 is 0 Å². The Balaban J connectivity index is 1.59. The monoisotopic (exact) mass is 358 g/mol. The quantitative estimate of drug-likeness (QED) is 0.516. The molecule has 0 bridgehead atoms. The zero-order valence-corrected chi connectivity index (χ0v) is 17.2. The van der Waals surface area contributed by atoms with E-state index in [1.165, 1.54) is 38.5 Å². The molecule has 8 atom stereocenters. The summed E-state index contributed by atoms with van der Waals surface area (Å²) in [4.78, 5) is 0. The van der Waals surface area contributed by atoms with Crippen LogP contribution in [-0.2, 0) is 4.74 Å². The van der Waals surface area contributed by atoms with Gasteiger partial charge in [0.05, 0.1) is 19.5 Å². The molecule has 0 spiro atoms. The van der Waals surface area contributed by atoms with E-state index in [0.717, 1.165) is 36.5 Å². The first-order valence-electron chi connectivity index (χ1n) is 11.0. The van der Waals surface area contributed by atoms with Gasteiger partial charge in [-0.3, -0.25) is 0 Å². The summed E-state index contributed by atoms with van der Waals surface area (Å²) in [5.41, 5.74) is 2.45. The fourth-order valence-electron chi connectivity index (χ4n) is 7.88. The molecule has 3 fully saturated rings. The molecule has 0 saturated heterocycles. The predicted octanol–water partition coefficient (Wildman–Crippen LogP) is 5.72. The van der Waals surface area contributed by atoms with Crippen LogP contribution < -0.4 is 0 Å². The average Bonchev–Trinajstić information content (AvgIpc) is 2.97. The van der Waals surface area contributed by atoms with Crippen LogP contribution >= 0.6 is 0 Å². The molecule has 3 saturated carbocycles. The van der Waals surface area contributed by atoms with Crippen LogP contribution in [0.3, 0.4) is 0 Å². The van der Waals surface area contributed by atoms with Crippen LogP contribution in [0.5, 0.6) is 0 Å². The molecular formula is C24H38O2. The third-order valence-electron chi connectivity index (χ3n) is 9.30. The lowest BCUT2D eigenvalue weighted by molar-refractivity contribution is -0.0541. The van der Waals surface area contributed by atoms with E-state index in [-0.39, 0.29) is 6.10 Å². The van der Waals surface area contributed by atoms with E-state index in [9.17, 15) is 5.11 Å². The first-order valence-corrected chi connectivity index (χ1v) is 11.0. The molecule has 4 aliphatic rings. The van der Waals surface area contributed by atoms with Crippen molar-refractivity contribution in [2.24, 2.45) is 40.4 Å². The predicted molar refractivity (Wildman–Crippen MR) is 107 cm³/mol. The number of hydrogen-bond acceptors (Lipinski definition) is 2. The van der Waals surface area contributed by atoms with Gasteiger partial charge >= 0.3 is 0 Å². The van der Waals surface area contributed by atoms with Crippen LogP contribution in [0.25, 0.3) is 0 Å². The maximum Gasteiger partial charge on any atom is 0.0787 e. The molecule has 4 aliphatic carbocycles. The molecule has 0 aromatic carbocycles. The van der Waals surface area contributed by atoms with E-state index in [1.807, 2.05) is 6.26 Å². The fraction of sp³-hybridized carbons (Fsp3) is 0.833. The maximum atomic E-state index is 10.2. The first kappa shape index (κ1) is 18.6. The van der Waals surface area contributed by atoms with E-state index in [0.29, 0.717) is 16.7 Å². The lowest BCUT2D eigenvalue weighted by Crippen LogP contribution is -2.50. The van der Waals surface area contributed by atoms with Crippen molar-refractivity contribution in [2.75, 3.05) is 7.11 Å². The maximum absolute atomic E-state index is 10.2. The van der Waals surface area contributed by atoms with Gasteiger partial charge in [-0.15, -0.1) is 0 Å². The van der Waals surface area contributed by atoms with Gasteiger partial charge in [0.2, 0.25) is 0 Å². The summed E-state index contributed by atoms with van der Waals surface area (Å²) < 4.78 is 5.20. The fourth-order valence-corrected chi connectivity index (χ4v) is 7.88. The Hall–Kier alpha value is -0.760. The van der Waals surface area contributed by atoms with Crippen LogP contribution in [0, 0.1) is 40.4 Å². The number of aliphatic hydroxyl groups is 1. The first-order chi connectivity index (χ1) is 12.4. The molecule has 0 heterocycles. The lowest BCUT2D eigenvalue weighted by Gasteiger charge is -2.58. The van der Waals surface area contributed by atoms with Gasteiger partial charge in [0.15, 0.2) is 0 Å². The third kappa shape index (κ3) is 2.70. The van der Waals surface area contributed by atoms with Gasteiger partial charge in [-0.2, -0.15) is 0 Å². The van der Waals surface area contributed by atoms with Crippen molar-refractivity contribution in [1.29, 1.82) is 0 Å². The minimum atomic E-state index is -0.0935. The normalized spacial score (nSPS) is 49.1. The standard InChI is InChI=1S/C24H38O2/c1-16(11-14-26-4)20-7-8-21-19-6-5-17-15-18(25)9-12-23(17,2)22(19)10-13-24(20,21)3/h5,11,14,16,18-22,25H,6-10,12-13,15H2,1-4H3/t16-,18+,19?,20-,21?,22?,23+,24-/m1/s1. The Kier molecular flexibility index (Phi) is 4.78. The molecule has 0 aliphatic heterocycles. The van der Waals surface area contributed by atoms with Crippen molar-refractivity contribution < 1.29 is 9.84 Å². The summed E-state index contributed by atoms with van der Waals surface area (Å²) in [6, 6.07) is 0. The van der Waals surface area contributed by atoms with Crippen molar-refractivity contribution in [1.82, 2.24) is 0 Å². The molecule has 0 aromatic rings. The molecule has 2 heteroatoms. The van der Waals surface area contributed by atoms with Crippen LogP contribution in [-0.4, -0.2) is 18.3 Å². The van der Waals surface area contributed by atoms with Gasteiger partial charge in [0.25, 0.3) is 0 Å². The van der Waals surface area contributed by atoms with Crippen molar-refractivity contribution in [3.63, 3.8) is 0 Å². The van der Waals surface area contributed by atoms with Crippen LogP contribution in [0.2, 0.25) is 0 Å². The van der Waals surface area contributed by atoms with E-state index < -0.39 is 0 Å². The van der Waals surface area contributed by atoms with E-state index in [2.05, 4.69) is 32.9 Å². The molecule has 0 amide bonds. The molecule has 0 radical (unpaired) electrons. The lowest BCUT2D eigenvalue weighted by atomic mass is 9.47. The highest BCUT2D eigenvalue weighted by molar-refractivity contribution is 5.25. The van der Waals surface area contributed by atoms with Crippen molar-refractivity contribution in [3.8, 4) is 0 Å². The van der Waals surface area contributed by atoms with E-state index >= 15 is 0 Å². The van der Waals surface area contributed by atoms with Crippen LogP contribution in [0.4, 0.5) is 0 Å². The van der Waals surface area contributed by atoms with Crippen molar-refractivity contribution in [3.05, 3.63) is 24.0 Å². The Labute approximate surface area is 160 Å². The SMILES string of the molecule is COC=C[C@@H](C)[C@H]1CCC2C3CC=C4C[C@@H](O)CC[C@]4(C)C3CC[C@@]21C. The molecular weight excluding hydrogens is 320 g/mol. The molecule has 0 aromatic heterocycles. The molecule has 146 valence electrons. The number of rotatable bonds is 3. The Morgan fingerprint density at radius 1 is 1.15 bits per heavy atom. The number of methoxy groups -OCH3 is 1. The molecule has 1 N–H and O–H groups in total. The second kappa shape index (κ2) is 6.69. The zero-order chi connectivity index (χ0) is 18.5. The smallest absolute Gasteiger partial charge is 0.0787 e.